The van der Waals surface area contributed by atoms with Crippen LogP contribution in [-0.4, -0.2) is 83.6 Å². The van der Waals surface area contributed by atoms with E-state index in [4.69, 9.17) is 21.1 Å². The number of piperazine rings is 1. The zero-order valence-corrected chi connectivity index (χ0v) is 23.8. The molecule has 1 aliphatic carbocycles. The summed E-state index contributed by atoms with van der Waals surface area (Å²) < 4.78 is 24.9. The van der Waals surface area contributed by atoms with Crippen LogP contribution in [0.2, 0.25) is 5.02 Å². The molecule has 1 amide bonds. The summed E-state index contributed by atoms with van der Waals surface area (Å²) >= 11 is 5.96. The van der Waals surface area contributed by atoms with Crippen LogP contribution < -0.4 is 15.4 Å². The highest BCUT2D eigenvalue weighted by atomic mass is 35.5. The summed E-state index contributed by atoms with van der Waals surface area (Å²) in [7, 11) is 0. The van der Waals surface area contributed by atoms with Gasteiger partial charge in [-0.15, -0.1) is 0 Å². The third-order valence-electron chi connectivity index (χ3n) is 7.74. The van der Waals surface area contributed by atoms with E-state index in [-0.39, 0.29) is 22.9 Å². The van der Waals surface area contributed by atoms with Crippen LogP contribution in [0.5, 0.6) is 5.75 Å². The minimum atomic E-state index is -0.510. The molecule has 0 spiro atoms. The van der Waals surface area contributed by atoms with Gasteiger partial charge in [0.2, 0.25) is 5.91 Å². The standard InChI is InChI=1S/C30H32ClFN6O4/c31-23-12-20(5-6-24(23)32)35-30-22-14-26(27(41-16-19-3-4-19)15-25(22)33-18-34-30)36-28(39)2-1-7-37-8-10-38(11-9-37)21-13-29(40)42-17-21/h1-2,5-6,12,14-15,18-19,21H,3-4,7-11,13,16-17H2,(H,36,39)(H,33,34,35). The van der Waals surface area contributed by atoms with Crippen molar-refractivity contribution < 1.29 is 23.5 Å². The molecule has 220 valence electrons. The Balaban J connectivity index is 1.13. The molecule has 2 aromatic carbocycles. The normalized spacial score (nSPS) is 19.8. The van der Waals surface area contributed by atoms with Crippen LogP contribution in [0.4, 0.5) is 21.6 Å². The zero-order chi connectivity index (χ0) is 29.1. The van der Waals surface area contributed by atoms with Crippen molar-refractivity contribution in [2.24, 2.45) is 5.92 Å². The van der Waals surface area contributed by atoms with Gasteiger partial charge < -0.3 is 20.1 Å². The molecule has 2 aliphatic heterocycles. The molecule has 42 heavy (non-hydrogen) atoms. The van der Waals surface area contributed by atoms with Gasteiger partial charge in [0.05, 0.1) is 35.3 Å². The number of nitrogens with zero attached hydrogens (tertiary/aromatic N) is 4. The minimum absolute atomic E-state index is 0.00403. The molecule has 6 rings (SSSR count). The van der Waals surface area contributed by atoms with Gasteiger partial charge in [0, 0.05) is 55.9 Å². The molecular formula is C30H32ClFN6O4. The lowest BCUT2D eigenvalue weighted by Crippen LogP contribution is -2.50. The maximum absolute atomic E-state index is 13.7. The quantitative estimate of drug-likeness (QED) is 0.261. The van der Waals surface area contributed by atoms with E-state index in [0.29, 0.717) is 65.9 Å². The van der Waals surface area contributed by atoms with Crippen molar-refractivity contribution in [1.82, 2.24) is 19.8 Å². The van der Waals surface area contributed by atoms with Crippen molar-refractivity contribution in [1.29, 1.82) is 0 Å². The highest BCUT2D eigenvalue weighted by molar-refractivity contribution is 6.31. The summed E-state index contributed by atoms with van der Waals surface area (Å²) in [5.74, 6) is 0.636. The van der Waals surface area contributed by atoms with Crippen LogP contribution in [0.15, 0.2) is 48.8 Å². The number of carbonyl (C=O) groups excluding carboxylic acids is 2. The first-order valence-corrected chi connectivity index (χ1v) is 14.5. The maximum Gasteiger partial charge on any atom is 0.307 e. The number of esters is 1. The predicted octanol–water partition coefficient (Wildman–Crippen LogP) is 4.38. The molecule has 3 fully saturated rings. The minimum Gasteiger partial charge on any atom is -0.491 e. The van der Waals surface area contributed by atoms with Gasteiger partial charge in [-0.1, -0.05) is 17.7 Å². The Morgan fingerprint density at radius 1 is 1.17 bits per heavy atom. The second kappa shape index (κ2) is 12.6. The Labute approximate surface area is 247 Å². The molecule has 0 radical (unpaired) electrons. The number of hydrogen-bond donors (Lipinski definition) is 2. The summed E-state index contributed by atoms with van der Waals surface area (Å²) in [6.45, 7) is 5.13. The van der Waals surface area contributed by atoms with Crippen LogP contribution >= 0.6 is 11.6 Å². The predicted molar refractivity (Wildman–Crippen MR) is 158 cm³/mol. The molecule has 3 heterocycles. The lowest BCUT2D eigenvalue weighted by atomic mass is 10.1. The van der Waals surface area contributed by atoms with Gasteiger partial charge >= 0.3 is 5.97 Å². The number of hydrogen-bond acceptors (Lipinski definition) is 9. The number of anilines is 3. The molecule has 1 saturated carbocycles. The highest BCUT2D eigenvalue weighted by Crippen LogP contribution is 2.36. The monoisotopic (exact) mass is 594 g/mol. The van der Waals surface area contributed by atoms with E-state index in [2.05, 4.69) is 30.4 Å². The topological polar surface area (TPSA) is 109 Å². The number of rotatable bonds is 10. The van der Waals surface area contributed by atoms with Crippen LogP contribution in [0.3, 0.4) is 0 Å². The van der Waals surface area contributed by atoms with E-state index in [0.717, 1.165) is 39.0 Å². The first-order valence-electron chi connectivity index (χ1n) is 14.1. The summed E-state index contributed by atoms with van der Waals surface area (Å²) in [6.07, 6.45) is 7.55. The van der Waals surface area contributed by atoms with Gasteiger partial charge in [-0.3, -0.25) is 19.4 Å². The number of cyclic esters (lactones) is 1. The molecule has 2 N–H and O–H groups in total. The fourth-order valence-corrected chi connectivity index (χ4v) is 5.31. The molecule has 1 atom stereocenters. The third kappa shape index (κ3) is 6.97. The van der Waals surface area contributed by atoms with E-state index < -0.39 is 5.82 Å². The number of fused-ring (bicyclic) bond motifs is 1. The molecule has 0 bridgehead atoms. The number of ether oxygens (including phenoxy) is 2. The van der Waals surface area contributed by atoms with Gasteiger partial charge in [-0.2, -0.15) is 0 Å². The fourth-order valence-electron chi connectivity index (χ4n) is 5.13. The zero-order valence-electron chi connectivity index (χ0n) is 23.0. The summed E-state index contributed by atoms with van der Waals surface area (Å²) in [5, 5.41) is 6.78. The number of halogens is 2. The Morgan fingerprint density at radius 2 is 2.00 bits per heavy atom. The average Bonchev–Trinajstić information content (AvgIpc) is 3.72. The van der Waals surface area contributed by atoms with Crippen molar-refractivity contribution in [2.45, 2.75) is 25.3 Å². The highest BCUT2D eigenvalue weighted by Gasteiger charge is 2.31. The summed E-state index contributed by atoms with van der Waals surface area (Å²) in [5.41, 5.74) is 1.71. The molecule has 12 heteroatoms. The Morgan fingerprint density at radius 3 is 2.74 bits per heavy atom. The van der Waals surface area contributed by atoms with Crippen molar-refractivity contribution in [3.05, 3.63) is 59.7 Å². The first kappa shape index (κ1) is 28.3. The van der Waals surface area contributed by atoms with Crippen LogP contribution in [0, 0.1) is 11.7 Å². The number of nitrogens with one attached hydrogen (secondary N) is 2. The molecule has 3 aromatic rings. The van der Waals surface area contributed by atoms with E-state index in [1.54, 1.807) is 18.2 Å². The fraction of sp³-hybridized carbons (Fsp3) is 0.400. The number of amides is 1. The van der Waals surface area contributed by atoms with E-state index >= 15 is 0 Å². The average molecular weight is 595 g/mol. The number of carbonyl (C=O) groups is 2. The smallest absolute Gasteiger partial charge is 0.307 e. The van der Waals surface area contributed by atoms with Crippen LogP contribution in [-0.2, 0) is 14.3 Å². The Kier molecular flexibility index (Phi) is 8.50. The van der Waals surface area contributed by atoms with Gasteiger partial charge in [0.15, 0.2) is 0 Å². The molecule has 2 saturated heterocycles. The van der Waals surface area contributed by atoms with Crippen molar-refractivity contribution in [3.63, 3.8) is 0 Å². The van der Waals surface area contributed by atoms with Crippen LogP contribution in [0.1, 0.15) is 19.3 Å². The second-order valence-corrected chi connectivity index (χ2v) is 11.3. The number of aromatic nitrogens is 2. The largest absolute Gasteiger partial charge is 0.491 e. The van der Waals surface area contributed by atoms with Crippen molar-refractivity contribution in [2.75, 3.05) is 56.6 Å². The molecule has 1 unspecified atom stereocenters. The third-order valence-corrected chi connectivity index (χ3v) is 8.03. The molecule has 3 aliphatic rings. The summed E-state index contributed by atoms with van der Waals surface area (Å²) in [6, 6.07) is 8.09. The Bertz CT molecular complexity index is 1510. The van der Waals surface area contributed by atoms with Gasteiger partial charge in [0.25, 0.3) is 0 Å². The maximum atomic E-state index is 13.7. The Hall–Kier alpha value is -3.80. The molecule has 1 aromatic heterocycles. The van der Waals surface area contributed by atoms with E-state index in [1.165, 1.54) is 24.5 Å². The lowest BCUT2D eigenvalue weighted by Gasteiger charge is -2.36. The first-order chi connectivity index (χ1) is 20.4. The summed E-state index contributed by atoms with van der Waals surface area (Å²) in [4.78, 5) is 37.7. The van der Waals surface area contributed by atoms with E-state index in [1.807, 2.05) is 6.08 Å². The van der Waals surface area contributed by atoms with Crippen LogP contribution in [0.25, 0.3) is 10.9 Å². The van der Waals surface area contributed by atoms with Crippen molar-refractivity contribution in [3.8, 4) is 5.75 Å². The second-order valence-electron chi connectivity index (χ2n) is 10.9. The molecular weight excluding hydrogens is 563 g/mol. The van der Waals surface area contributed by atoms with E-state index in [9.17, 15) is 14.0 Å². The van der Waals surface area contributed by atoms with Gasteiger partial charge in [-0.25, -0.2) is 14.4 Å². The lowest BCUT2D eigenvalue weighted by molar-refractivity contribution is -0.137. The number of benzene rings is 2. The van der Waals surface area contributed by atoms with Gasteiger partial charge in [0.1, 0.15) is 30.3 Å². The SMILES string of the molecule is O=C(C=CCN1CCN(C2COC(=O)C2)CC1)Nc1cc2c(Nc3ccc(F)c(Cl)c3)ncnc2cc1OCC1CC1. The van der Waals surface area contributed by atoms with Crippen molar-refractivity contribution >= 4 is 51.6 Å². The molecule has 10 nitrogen and oxygen atoms in total. The van der Waals surface area contributed by atoms with Gasteiger partial charge in [-0.05, 0) is 43.0 Å².